The van der Waals surface area contributed by atoms with Crippen LogP contribution < -0.4 is 0 Å². The van der Waals surface area contributed by atoms with Crippen LogP contribution in [0.2, 0.25) is 0 Å². The van der Waals surface area contributed by atoms with E-state index in [1.165, 1.54) is 0 Å². The fourth-order valence-corrected chi connectivity index (χ4v) is 0. The SMILES string of the molecule is BrC(Br)=C(Br)Br.O=P(O)(Br)Br. The van der Waals surface area contributed by atoms with Crippen LogP contribution in [0.1, 0.15) is 0 Å². The first-order valence-corrected chi connectivity index (χ1v) is 10.6. The molecule has 0 aromatic rings. The molecule has 0 fully saturated rings. The number of halogens is 6. The monoisotopic (exact) mass is 561 g/mol. The van der Waals surface area contributed by atoms with Crippen LogP contribution >= 0.6 is 99.5 Å². The summed E-state index contributed by atoms with van der Waals surface area (Å²) in [6.07, 6.45) is 0. The number of rotatable bonds is 0. The Morgan fingerprint density at radius 3 is 1.09 bits per heavy atom. The molecule has 0 aromatic heterocycles. The van der Waals surface area contributed by atoms with E-state index in [1.807, 2.05) is 0 Å². The molecule has 0 bridgehead atoms. The second-order valence-electron chi connectivity index (χ2n) is 0.956. The van der Waals surface area contributed by atoms with E-state index in [0.29, 0.717) is 0 Å². The lowest BCUT2D eigenvalue weighted by molar-refractivity contribution is 0.517. The van der Waals surface area contributed by atoms with Crippen molar-refractivity contribution in [2.24, 2.45) is 0 Å². The van der Waals surface area contributed by atoms with Gasteiger partial charge in [0.25, 0.3) is 0 Å². The first kappa shape index (κ1) is 16.2. The van der Waals surface area contributed by atoms with Gasteiger partial charge in [-0.2, -0.15) is 0 Å². The van der Waals surface area contributed by atoms with E-state index < -0.39 is 4.77 Å². The lowest BCUT2D eigenvalue weighted by atomic mass is 11.3. The average Bonchev–Trinajstić information content (AvgIpc) is 1.59. The summed E-state index contributed by atoms with van der Waals surface area (Å²) in [5, 5.41) is 0. The third-order valence-electron chi connectivity index (χ3n) is 0.143. The van der Waals surface area contributed by atoms with Crippen molar-refractivity contribution in [3.63, 3.8) is 0 Å². The third-order valence-corrected chi connectivity index (χ3v) is 3.86. The van der Waals surface area contributed by atoms with Gasteiger partial charge >= 0.3 is 4.77 Å². The predicted molar refractivity (Wildman–Crippen MR) is 70.4 cm³/mol. The number of hydrogen-bond donors (Lipinski definition) is 1. The molecule has 11 heavy (non-hydrogen) atoms. The average molecular weight is 567 g/mol. The molecule has 0 rings (SSSR count). The van der Waals surface area contributed by atoms with Crippen LogP contribution in [0.3, 0.4) is 0 Å². The van der Waals surface area contributed by atoms with Crippen molar-refractivity contribution < 1.29 is 9.46 Å². The van der Waals surface area contributed by atoms with Crippen molar-refractivity contribution in [1.29, 1.82) is 0 Å². The van der Waals surface area contributed by atoms with Gasteiger partial charge in [0.1, 0.15) is 0 Å². The highest BCUT2D eigenvalue weighted by molar-refractivity contribution is 9.70. The van der Waals surface area contributed by atoms with Gasteiger partial charge in [0.05, 0.1) is 6.78 Å². The van der Waals surface area contributed by atoms with Gasteiger partial charge in [-0.3, -0.25) is 4.57 Å². The summed E-state index contributed by atoms with van der Waals surface area (Å²) in [5.41, 5.74) is 0. The molecule has 0 spiro atoms. The molecule has 0 heterocycles. The van der Waals surface area contributed by atoms with E-state index in [-0.39, 0.29) is 0 Å². The maximum absolute atomic E-state index is 9.60. The molecule has 68 valence electrons. The molecular formula is C2HBr6O2P. The molecule has 0 aliphatic rings. The fourth-order valence-electron chi connectivity index (χ4n) is 0. The Labute approximate surface area is 114 Å². The Morgan fingerprint density at radius 1 is 1.00 bits per heavy atom. The first-order valence-electron chi connectivity index (χ1n) is 1.73. The lowest BCUT2D eigenvalue weighted by Crippen LogP contribution is -1.43. The van der Waals surface area contributed by atoms with Crippen LogP contribution in [0.25, 0.3) is 0 Å². The molecule has 0 aliphatic carbocycles. The topological polar surface area (TPSA) is 37.3 Å². The number of hydrogen-bond acceptors (Lipinski definition) is 1. The molecule has 0 saturated heterocycles. The molecule has 0 unspecified atom stereocenters. The van der Waals surface area contributed by atoms with Gasteiger partial charge < -0.3 is 4.89 Å². The second-order valence-corrected chi connectivity index (χ2v) is 15.7. The van der Waals surface area contributed by atoms with Gasteiger partial charge in [0.15, 0.2) is 0 Å². The van der Waals surface area contributed by atoms with Crippen molar-refractivity contribution in [2.75, 3.05) is 0 Å². The highest BCUT2D eigenvalue weighted by Crippen LogP contribution is 2.56. The summed E-state index contributed by atoms with van der Waals surface area (Å²) >= 11 is 17.4. The van der Waals surface area contributed by atoms with E-state index in [9.17, 15) is 4.57 Å². The molecule has 9 heteroatoms. The van der Waals surface area contributed by atoms with Gasteiger partial charge in [0, 0.05) is 31.0 Å². The molecule has 2 nitrogen and oxygen atoms in total. The zero-order valence-corrected chi connectivity index (χ0v) is 15.0. The van der Waals surface area contributed by atoms with Gasteiger partial charge in [-0.1, -0.05) is 0 Å². The Bertz CT molecular complexity index is 157. The maximum atomic E-state index is 9.60. The van der Waals surface area contributed by atoms with E-state index >= 15 is 0 Å². The highest BCUT2D eigenvalue weighted by atomic mass is 79.9. The van der Waals surface area contributed by atoms with E-state index in [2.05, 4.69) is 94.7 Å². The minimum absolute atomic E-state index is 0.884. The molecule has 1 N–H and O–H groups in total. The van der Waals surface area contributed by atoms with Crippen molar-refractivity contribution >= 4 is 99.5 Å². The minimum atomic E-state index is -3.01. The summed E-state index contributed by atoms with van der Waals surface area (Å²) in [7, 11) is 0. The smallest absolute Gasteiger partial charge is 0.325 e. The molecule has 0 saturated carbocycles. The van der Waals surface area contributed by atoms with Gasteiger partial charge in [-0.25, -0.2) is 0 Å². The Balaban J connectivity index is 0. The summed E-state index contributed by atoms with van der Waals surface area (Å²) in [6.45, 7) is 0. The van der Waals surface area contributed by atoms with Crippen molar-refractivity contribution in [3.8, 4) is 0 Å². The standard InChI is InChI=1S/C2Br4.Br2HO2P/c3-1(4)2(5)6;1-5(2,3)4/h;(H,3,4). The molecule has 0 aliphatic heterocycles. The summed E-state index contributed by atoms with van der Waals surface area (Å²) in [4.78, 5) is 7.91. The zero-order valence-electron chi connectivity index (χ0n) is 4.57. The highest BCUT2D eigenvalue weighted by Gasteiger charge is 1.99. The van der Waals surface area contributed by atoms with Crippen molar-refractivity contribution in [3.05, 3.63) is 6.78 Å². The quantitative estimate of drug-likeness (QED) is 0.389. The molecule has 0 radical (unpaired) electrons. The zero-order chi connectivity index (χ0) is 9.65. The first-order chi connectivity index (χ1) is 4.64. The van der Waals surface area contributed by atoms with Gasteiger partial charge in [0.2, 0.25) is 0 Å². The van der Waals surface area contributed by atoms with E-state index in [4.69, 9.17) is 4.89 Å². The van der Waals surface area contributed by atoms with E-state index in [0.717, 1.165) is 6.78 Å². The van der Waals surface area contributed by atoms with Crippen LogP contribution in [0.5, 0.6) is 0 Å². The lowest BCUT2D eigenvalue weighted by Gasteiger charge is -1.79. The summed E-state index contributed by atoms with van der Waals surface area (Å²) in [5.74, 6) is 0. The largest absolute Gasteiger partial charge is 0.329 e. The fraction of sp³-hybridized carbons (Fsp3) is 0. The maximum Gasteiger partial charge on any atom is 0.325 e. The van der Waals surface area contributed by atoms with Gasteiger partial charge in [-0.05, 0) is 63.7 Å². The third kappa shape index (κ3) is 32.3. The Hall–Kier alpha value is 2.81. The summed E-state index contributed by atoms with van der Waals surface area (Å²) < 4.78 is 8.36. The van der Waals surface area contributed by atoms with Crippen molar-refractivity contribution in [1.82, 2.24) is 0 Å². The Morgan fingerprint density at radius 2 is 1.09 bits per heavy atom. The van der Waals surface area contributed by atoms with Crippen LogP contribution in [0.15, 0.2) is 6.78 Å². The van der Waals surface area contributed by atoms with Crippen LogP contribution in [-0.4, -0.2) is 4.89 Å². The minimum Gasteiger partial charge on any atom is -0.329 e. The van der Waals surface area contributed by atoms with E-state index in [1.54, 1.807) is 0 Å². The van der Waals surface area contributed by atoms with Crippen molar-refractivity contribution in [2.45, 2.75) is 0 Å². The van der Waals surface area contributed by atoms with Crippen LogP contribution in [-0.2, 0) is 4.57 Å². The Kier molecular flexibility index (Phi) is 12.0. The normalized spacial score (nSPS) is 9.73. The van der Waals surface area contributed by atoms with Crippen LogP contribution in [0, 0.1) is 0 Å². The molecule has 0 atom stereocenters. The second kappa shape index (κ2) is 8.15. The predicted octanol–water partition coefficient (Wildman–Crippen LogP) is 5.57. The van der Waals surface area contributed by atoms with Crippen LogP contribution in [0.4, 0.5) is 0 Å². The molecule has 0 aromatic carbocycles. The molecule has 0 amide bonds. The summed E-state index contributed by atoms with van der Waals surface area (Å²) in [6, 6.07) is 0. The molecular weight excluding hydrogens is 566 g/mol. The van der Waals surface area contributed by atoms with Gasteiger partial charge in [-0.15, -0.1) is 0 Å².